The van der Waals surface area contributed by atoms with E-state index < -0.39 is 9.28 Å². The van der Waals surface area contributed by atoms with Crippen molar-refractivity contribution in [3.05, 3.63) is 29.3 Å². The maximum Gasteiger partial charge on any atom is 0.350 e. The van der Waals surface area contributed by atoms with Crippen molar-refractivity contribution >= 4 is 14.5 Å². The third-order valence-electron chi connectivity index (χ3n) is 1.54. The summed E-state index contributed by atoms with van der Waals surface area (Å²) in [4.78, 5) is 17.9. The Kier molecular flexibility index (Phi) is 2.44. The van der Waals surface area contributed by atoms with Crippen molar-refractivity contribution in [3.63, 3.8) is 0 Å². The Hall–Kier alpha value is -0.643. The van der Waals surface area contributed by atoms with Crippen LogP contribution in [0.15, 0.2) is 18.2 Å². The van der Waals surface area contributed by atoms with Gasteiger partial charge in [0.2, 0.25) is 0 Å². The molecule has 0 aliphatic heterocycles. The monoisotopic (exact) mass is 168 g/mol. The van der Waals surface area contributed by atoms with Gasteiger partial charge in [-0.25, -0.2) is 0 Å². The first kappa shape index (κ1) is 8.45. The second kappa shape index (κ2) is 3.17. The van der Waals surface area contributed by atoms with Crippen LogP contribution in [-0.4, -0.2) is 18.9 Å². The van der Waals surface area contributed by atoms with Crippen LogP contribution in [0.5, 0.6) is 0 Å². The summed E-state index contributed by atoms with van der Waals surface area (Å²) in [6, 6.07) is 5.66. The molecule has 0 amide bonds. The van der Waals surface area contributed by atoms with E-state index in [1.165, 1.54) is 0 Å². The molecule has 1 rings (SSSR count). The topological polar surface area (TPSA) is 40.5 Å². The van der Waals surface area contributed by atoms with E-state index >= 15 is 0 Å². The molecule has 11 heavy (non-hydrogen) atoms. The van der Waals surface area contributed by atoms with Gasteiger partial charge in [0.25, 0.3) is 0 Å². The van der Waals surface area contributed by atoms with Crippen molar-refractivity contribution in [2.45, 2.75) is 13.8 Å². The zero-order valence-electron chi connectivity index (χ0n) is 6.70. The van der Waals surface area contributed by atoms with Gasteiger partial charge in [-0.15, -0.1) is 0 Å². The lowest BCUT2D eigenvalue weighted by Crippen LogP contribution is -2.30. The van der Waals surface area contributed by atoms with Crippen molar-refractivity contribution in [2.24, 2.45) is 0 Å². The molecule has 0 aliphatic carbocycles. The molecule has 0 atom stereocenters. The van der Waals surface area contributed by atoms with Crippen LogP contribution in [-0.2, 0) is 0 Å². The number of aryl methyl sites for hydroxylation is 2. The van der Waals surface area contributed by atoms with E-state index in [0.717, 1.165) is 11.1 Å². The molecule has 0 radical (unpaired) electrons. The Morgan fingerprint density at radius 2 is 1.45 bits per heavy atom. The van der Waals surface area contributed by atoms with Gasteiger partial charge in [0.05, 0.1) is 0 Å². The van der Waals surface area contributed by atoms with Gasteiger partial charge in [0, 0.05) is 0 Å². The summed E-state index contributed by atoms with van der Waals surface area (Å²) in [5, 5.41) is 0.697. The molecule has 3 heteroatoms. The van der Waals surface area contributed by atoms with E-state index in [1.54, 1.807) is 0 Å². The Balaban J connectivity index is 3.08. The molecule has 1 aromatic carbocycles. The highest BCUT2D eigenvalue weighted by Gasteiger charge is 2.06. The van der Waals surface area contributed by atoms with Gasteiger partial charge in [0.15, 0.2) is 0 Å². The summed E-state index contributed by atoms with van der Waals surface area (Å²) < 4.78 is 0. The molecule has 0 saturated heterocycles. The quantitative estimate of drug-likeness (QED) is 0.566. The molecule has 0 aromatic heterocycles. The molecule has 0 aliphatic rings. The Bertz CT molecular complexity index is 238. The first-order chi connectivity index (χ1) is 5.09. The van der Waals surface area contributed by atoms with E-state index in [4.69, 9.17) is 9.59 Å². The smallest absolute Gasteiger partial charge is 0.350 e. The van der Waals surface area contributed by atoms with E-state index in [1.807, 2.05) is 32.0 Å². The maximum absolute atomic E-state index is 8.97. The fourth-order valence-corrected chi connectivity index (χ4v) is 1.98. The number of hydrogen-bond acceptors (Lipinski definition) is 2. The minimum absolute atomic E-state index is 0.697. The van der Waals surface area contributed by atoms with E-state index in [0.29, 0.717) is 5.19 Å². The summed E-state index contributed by atoms with van der Waals surface area (Å²) in [7, 11) is -2.58. The molecule has 0 heterocycles. The van der Waals surface area contributed by atoms with Crippen LogP contribution < -0.4 is 5.19 Å². The lowest BCUT2D eigenvalue weighted by Gasteiger charge is -2.03. The molecule has 0 unspecified atom stereocenters. The van der Waals surface area contributed by atoms with E-state index in [2.05, 4.69) is 0 Å². The summed E-state index contributed by atoms with van der Waals surface area (Å²) in [6.07, 6.45) is 0. The predicted molar refractivity (Wildman–Crippen MR) is 47.1 cm³/mol. The van der Waals surface area contributed by atoms with Gasteiger partial charge in [-0.2, -0.15) is 0 Å². The van der Waals surface area contributed by atoms with Crippen molar-refractivity contribution in [2.75, 3.05) is 0 Å². The van der Waals surface area contributed by atoms with Gasteiger partial charge < -0.3 is 9.59 Å². The van der Waals surface area contributed by atoms with Crippen molar-refractivity contribution in [1.82, 2.24) is 0 Å². The first-order valence-corrected chi connectivity index (χ1v) is 5.15. The lowest BCUT2D eigenvalue weighted by atomic mass is 10.2. The van der Waals surface area contributed by atoms with Crippen molar-refractivity contribution in [1.29, 1.82) is 0 Å². The molecule has 0 fully saturated rings. The molecular formula is C8H12O2Si. The minimum Gasteiger partial charge on any atom is -0.410 e. The summed E-state index contributed by atoms with van der Waals surface area (Å²) in [6.45, 7) is 3.90. The van der Waals surface area contributed by atoms with Gasteiger partial charge in [-0.3, -0.25) is 0 Å². The molecular weight excluding hydrogens is 156 g/mol. The van der Waals surface area contributed by atoms with E-state index in [9.17, 15) is 0 Å². The highest BCUT2D eigenvalue weighted by Crippen LogP contribution is 1.99. The Morgan fingerprint density at radius 3 is 1.82 bits per heavy atom. The highest BCUT2D eigenvalue weighted by atomic mass is 28.3. The Morgan fingerprint density at radius 1 is 1.00 bits per heavy atom. The van der Waals surface area contributed by atoms with E-state index in [-0.39, 0.29) is 0 Å². The summed E-state index contributed by atoms with van der Waals surface area (Å²) >= 11 is 0. The number of hydrogen-bond donors (Lipinski definition) is 2. The first-order valence-electron chi connectivity index (χ1n) is 3.54. The van der Waals surface area contributed by atoms with Crippen LogP contribution in [0.1, 0.15) is 11.1 Å². The average Bonchev–Trinajstić information content (AvgIpc) is 1.85. The summed E-state index contributed by atoms with van der Waals surface area (Å²) in [5.41, 5.74) is 2.17. The molecule has 0 bridgehead atoms. The lowest BCUT2D eigenvalue weighted by molar-refractivity contribution is 0.425. The average molecular weight is 168 g/mol. The maximum atomic E-state index is 8.97. The van der Waals surface area contributed by atoms with Crippen molar-refractivity contribution in [3.8, 4) is 0 Å². The predicted octanol–water partition coefficient (Wildman–Crippen LogP) is -0.284. The van der Waals surface area contributed by atoms with Gasteiger partial charge in [-0.1, -0.05) is 29.3 Å². The second-order valence-electron chi connectivity index (χ2n) is 2.79. The number of rotatable bonds is 1. The molecule has 0 saturated carbocycles. The molecule has 2 N–H and O–H groups in total. The zero-order chi connectivity index (χ0) is 8.43. The summed E-state index contributed by atoms with van der Waals surface area (Å²) in [5.74, 6) is 0. The van der Waals surface area contributed by atoms with Gasteiger partial charge in [0.1, 0.15) is 0 Å². The number of benzene rings is 1. The van der Waals surface area contributed by atoms with Crippen LogP contribution in [0, 0.1) is 13.8 Å². The van der Waals surface area contributed by atoms with Gasteiger partial charge in [-0.05, 0) is 19.0 Å². The normalized spacial score (nSPS) is 10.6. The molecule has 60 valence electrons. The highest BCUT2D eigenvalue weighted by molar-refractivity contribution is 6.58. The van der Waals surface area contributed by atoms with Crippen LogP contribution in [0.25, 0.3) is 0 Å². The molecule has 0 spiro atoms. The minimum atomic E-state index is -2.58. The fourth-order valence-electron chi connectivity index (χ4n) is 1.16. The van der Waals surface area contributed by atoms with Crippen LogP contribution >= 0.6 is 0 Å². The molecule has 1 aromatic rings. The SMILES string of the molecule is Cc1cc(C)cc([SiH](O)O)c1. The third kappa shape index (κ3) is 2.15. The largest absolute Gasteiger partial charge is 0.410 e. The standard InChI is InChI=1S/C8H12O2Si/c1-6-3-7(2)5-8(4-6)11(9)10/h3-5,9-11H,1-2H3. The molecule has 2 nitrogen and oxygen atoms in total. The van der Waals surface area contributed by atoms with Gasteiger partial charge >= 0.3 is 9.28 Å². The third-order valence-corrected chi connectivity index (χ3v) is 2.47. The second-order valence-corrected chi connectivity index (χ2v) is 4.21. The zero-order valence-corrected chi connectivity index (χ0v) is 7.86. The van der Waals surface area contributed by atoms with Crippen molar-refractivity contribution < 1.29 is 9.59 Å². The van der Waals surface area contributed by atoms with Crippen LogP contribution in [0.3, 0.4) is 0 Å². The fraction of sp³-hybridized carbons (Fsp3) is 0.250. The Labute approximate surface area is 68.0 Å². The van der Waals surface area contributed by atoms with Crippen LogP contribution in [0.2, 0.25) is 0 Å². The van der Waals surface area contributed by atoms with Crippen LogP contribution in [0.4, 0.5) is 0 Å².